The number of halogens is 3. The zero-order valence-corrected chi connectivity index (χ0v) is 15.4. The summed E-state index contributed by atoms with van der Waals surface area (Å²) in [5, 5.41) is 0.216. The second-order valence-corrected chi connectivity index (χ2v) is 7.35. The molecule has 8 nitrogen and oxygen atoms in total. The second kappa shape index (κ2) is 6.44. The molecule has 1 unspecified atom stereocenters. The van der Waals surface area contributed by atoms with Crippen LogP contribution in [0.3, 0.4) is 0 Å². The smallest absolute Gasteiger partial charge is 0.363 e. The van der Waals surface area contributed by atoms with Crippen LogP contribution in [0.1, 0.15) is 23.2 Å². The van der Waals surface area contributed by atoms with Gasteiger partial charge in [-0.1, -0.05) is 6.92 Å². The Bertz CT molecular complexity index is 1090. The first-order chi connectivity index (χ1) is 12.6. The van der Waals surface area contributed by atoms with E-state index in [0.717, 1.165) is 12.3 Å². The molecule has 2 N–H and O–H groups in total. The van der Waals surface area contributed by atoms with Crippen LogP contribution in [-0.2, 0) is 31.1 Å². The maximum atomic E-state index is 12.9. The largest absolute Gasteiger partial charge is 0.433 e. The van der Waals surface area contributed by atoms with Crippen molar-refractivity contribution in [1.82, 2.24) is 24.1 Å². The van der Waals surface area contributed by atoms with E-state index < -0.39 is 28.6 Å². The molecule has 144 valence electrons. The van der Waals surface area contributed by atoms with Crippen LogP contribution >= 0.6 is 0 Å². The molecule has 1 atom stereocenters. The molecule has 3 rings (SSSR count). The zero-order chi connectivity index (χ0) is 20.1. The van der Waals surface area contributed by atoms with Crippen molar-refractivity contribution in [1.29, 1.82) is 0 Å². The van der Waals surface area contributed by atoms with Crippen molar-refractivity contribution in [2.24, 2.45) is 19.8 Å². The average molecular weight is 400 g/mol. The lowest BCUT2D eigenvalue weighted by atomic mass is 10.3. The van der Waals surface area contributed by atoms with Crippen LogP contribution in [0, 0.1) is 0 Å². The Labute approximate surface area is 153 Å². The average Bonchev–Trinajstić information content (AvgIpc) is 3.10. The number of aryl methyl sites for hydroxylation is 1. The van der Waals surface area contributed by atoms with Crippen LogP contribution in [0.5, 0.6) is 0 Å². The van der Waals surface area contributed by atoms with Gasteiger partial charge in [0.15, 0.2) is 11.6 Å². The third-order valence-electron chi connectivity index (χ3n) is 4.01. The van der Waals surface area contributed by atoms with E-state index in [-0.39, 0.29) is 33.6 Å². The minimum Gasteiger partial charge on any atom is -0.363 e. The molecule has 0 saturated heterocycles. The molecule has 0 aliphatic carbocycles. The summed E-state index contributed by atoms with van der Waals surface area (Å²) in [5.74, 6) is -0.541. The maximum absolute atomic E-state index is 12.9. The molecule has 12 heteroatoms. The molecule has 0 aromatic carbocycles. The monoisotopic (exact) mass is 400 g/mol. The summed E-state index contributed by atoms with van der Waals surface area (Å²) >= 11 is 0. The molecule has 0 aliphatic rings. The minimum atomic E-state index is -4.61. The van der Waals surface area contributed by atoms with Crippen molar-refractivity contribution < 1.29 is 22.2 Å². The molecule has 0 spiro atoms. The SMILES string of the molecule is CCS(=O)c1c(-c2nc3cc(C(F)(F)F)ncc3n2C)nc(C(N)=O)n1C. The van der Waals surface area contributed by atoms with Gasteiger partial charge in [0.1, 0.15) is 16.4 Å². The van der Waals surface area contributed by atoms with Gasteiger partial charge in [0.25, 0.3) is 5.91 Å². The van der Waals surface area contributed by atoms with E-state index in [1.54, 1.807) is 14.0 Å². The molecular formula is C15H15F3N6O2S. The Morgan fingerprint density at radius 3 is 2.48 bits per heavy atom. The van der Waals surface area contributed by atoms with Crippen molar-refractivity contribution in [3.05, 3.63) is 23.8 Å². The highest BCUT2D eigenvalue weighted by Gasteiger charge is 2.33. The topological polar surface area (TPSA) is 109 Å². The molecule has 0 fully saturated rings. The van der Waals surface area contributed by atoms with Crippen LogP contribution in [0.25, 0.3) is 22.6 Å². The van der Waals surface area contributed by atoms with Crippen molar-refractivity contribution in [3.8, 4) is 11.5 Å². The van der Waals surface area contributed by atoms with E-state index in [1.165, 1.54) is 16.2 Å². The van der Waals surface area contributed by atoms with Crippen LogP contribution < -0.4 is 5.73 Å². The van der Waals surface area contributed by atoms with Crippen LogP contribution in [-0.4, -0.2) is 40.0 Å². The number of hydrogen-bond acceptors (Lipinski definition) is 5. The van der Waals surface area contributed by atoms with Crippen LogP contribution in [0.15, 0.2) is 17.3 Å². The number of amides is 1. The van der Waals surface area contributed by atoms with Gasteiger partial charge in [-0.25, -0.2) is 15.0 Å². The van der Waals surface area contributed by atoms with Gasteiger partial charge in [0.05, 0.1) is 28.0 Å². The number of alkyl halides is 3. The lowest BCUT2D eigenvalue weighted by Crippen LogP contribution is -2.17. The second-order valence-electron chi connectivity index (χ2n) is 5.70. The first-order valence-electron chi connectivity index (χ1n) is 7.71. The number of primary amides is 1. The molecule has 3 heterocycles. The Morgan fingerprint density at radius 1 is 1.26 bits per heavy atom. The van der Waals surface area contributed by atoms with Crippen LogP contribution in [0.4, 0.5) is 13.2 Å². The van der Waals surface area contributed by atoms with E-state index >= 15 is 0 Å². The number of pyridine rings is 1. The standard InChI is InChI=1S/C15H15F3N6O2S/c1-4-27(26)14-10(22-13(11(19)25)24(14)3)12-21-7-5-9(15(16,17)18)20-6-8(7)23(12)2/h5-6H,4H2,1-3H3,(H2,19,25). The number of carbonyl (C=O) groups is 1. The summed E-state index contributed by atoms with van der Waals surface area (Å²) in [6.45, 7) is 1.69. The Morgan fingerprint density at radius 2 is 1.93 bits per heavy atom. The van der Waals surface area contributed by atoms with Crippen molar-refractivity contribution in [3.63, 3.8) is 0 Å². The van der Waals surface area contributed by atoms with E-state index in [9.17, 15) is 22.2 Å². The predicted octanol–water partition coefficient (Wildman–Crippen LogP) is 1.61. The number of hydrogen-bond donors (Lipinski definition) is 1. The van der Waals surface area contributed by atoms with E-state index in [0.29, 0.717) is 5.52 Å². The fourth-order valence-electron chi connectivity index (χ4n) is 2.70. The summed E-state index contributed by atoms with van der Waals surface area (Å²) in [4.78, 5) is 23.4. The highest BCUT2D eigenvalue weighted by atomic mass is 32.2. The van der Waals surface area contributed by atoms with E-state index in [2.05, 4.69) is 15.0 Å². The number of aromatic nitrogens is 5. The molecule has 0 aliphatic heterocycles. The van der Waals surface area contributed by atoms with Gasteiger partial charge in [-0.05, 0) is 6.07 Å². The predicted molar refractivity (Wildman–Crippen MR) is 91.2 cm³/mol. The quantitative estimate of drug-likeness (QED) is 0.716. The molecule has 3 aromatic rings. The third-order valence-corrected chi connectivity index (χ3v) is 5.43. The highest BCUT2D eigenvalue weighted by Crippen LogP contribution is 2.32. The fraction of sp³-hybridized carbons (Fsp3) is 0.333. The number of nitrogens with zero attached hydrogens (tertiary/aromatic N) is 5. The van der Waals surface area contributed by atoms with Gasteiger partial charge in [0.2, 0.25) is 0 Å². The number of carbonyl (C=O) groups excluding carboxylic acids is 1. The zero-order valence-electron chi connectivity index (χ0n) is 14.5. The Kier molecular flexibility index (Phi) is 4.54. The lowest BCUT2D eigenvalue weighted by molar-refractivity contribution is -0.141. The summed E-state index contributed by atoms with van der Waals surface area (Å²) in [6, 6.07) is 0.827. The van der Waals surface area contributed by atoms with Gasteiger partial charge in [-0.2, -0.15) is 13.2 Å². The molecule has 3 aromatic heterocycles. The van der Waals surface area contributed by atoms with Gasteiger partial charge in [0, 0.05) is 19.8 Å². The van der Waals surface area contributed by atoms with Gasteiger partial charge in [-0.15, -0.1) is 0 Å². The molecule has 0 bridgehead atoms. The Balaban J connectivity index is 2.29. The molecule has 27 heavy (non-hydrogen) atoms. The number of fused-ring (bicyclic) bond motifs is 1. The lowest BCUT2D eigenvalue weighted by Gasteiger charge is -2.05. The Hall–Kier alpha value is -2.76. The number of nitrogens with two attached hydrogens (primary N) is 1. The number of imidazole rings is 2. The molecular weight excluding hydrogens is 385 g/mol. The molecule has 0 saturated carbocycles. The van der Waals surface area contributed by atoms with Crippen LogP contribution in [0.2, 0.25) is 0 Å². The van der Waals surface area contributed by atoms with Gasteiger partial charge >= 0.3 is 6.18 Å². The van der Waals surface area contributed by atoms with Gasteiger partial charge in [-0.3, -0.25) is 9.00 Å². The maximum Gasteiger partial charge on any atom is 0.433 e. The first-order valence-corrected chi connectivity index (χ1v) is 9.03. The van der Waals surface area contributed by atoms with E-state index in [1.807, 2.05) is 0 Å². The van der Waals surface area contributed by atoms with Gasteiger partial charge < -0.3 is 14.9 Å². The fourth-order valence-corrected chi connectivity index (χ4v) is 3.72. The third kappa shape index (κ3) is 3.09. The number of rotatable bonds is 4. The first kappa shape index (κ1) is 19.0. The van der Waals surface area contributed by atoms with E-state index in [4.69, 9.17) is 5.73 Å². The highest BCUT2D eigenvalue weighted by molar-refractivity contribution is 7.85. The van der Waals surface area contributed by atoms with Crippen molar-refractivity contribution in [2.45, 2.75) is 18.1 Å². The van der Waals surface area contributed by atoms with Crippen molar-refractivity contribution in [2.75, 3.05) is 5.75 Å². The molecule has 1 amide bonds. The van der Waals surface area contributed by atoms with Crippen molar-refractivity contribution >= 4 is 27.7 Å². The summed E-state index contributed by atoms with van der Waals surface area (Å²) < 4.78 is 54.0. The normalized spacial score (nSPS) is 13.3. The molecule has 0 radical (unpaired) electrons. The minimum absolute atomic E-state index is 0.0503. The summed E-state index contributed by atoms with van der Waals surface area (Å²) in [6.07, 6.45) is -3.55. The summed E-state index contributed by atoms with van der Waals surface area (Å²) in [5.41, 5.74) is 4.75. The summed E-state index contributed by atoms with van der Waals surface area (Å²) in [7, 11) is 1.54.